The van der Waals surface area contributed by atoms with E-state index in [1.165, 1.54) is 0 Å². The number of carbonyl (C=O) groups is 1. The number of carbonyl (C=O) groups excluding carboxylic acids is 1. The number of aromatic nitrogens is 2. The van der Waals surface area contributed by atoms with Crippen LogP contribution in [0.4, 0.5) is 10.5 Å². The standard InChI is InChI=1S/C11H11BrN4O/c12-9-5-13-10-4-3-8(6-16(9)10)15-11(17)14-7-1-2-7/h3-7H,1-2H2,(H2,14,15,17). The van der Waals surface area contributed by atoms with E-state index in [1.54, 1.807) is 6.20 Å². The first-order chi connectivity index (χ1) is 8.22. The van der Waals surface area contributed by atoms with E-state index in [0.717, 1.165) is 28.8 Å². The molecule has 0 aromatic carbocycles. The van der Waals surface area contributed by atoms with Crippen LogP contribution in [0.3, 0.4) is 0 Å². The molecule has 0 spiro atoms. The van der Waals surface area contributed by atoms with E-state index in [9.17, 15) is 4.79 Å². The summed E-state index contributed by atoms with van der Waals surface area (Å²) >= 11 is 3.39. The molecule has 1 fully saturated rings. The fourth-order valence-electron chi connectivity index (χ4n) is 1.60. The molecule has 0 unspecified atom stereocenters. The Labute approximate surface area is 106 Å². The Kier molecular flexibility index (Phi) is 2.51. The molecule has 2 aromatic rings. The number of nitrogens with one attached hydrogen (secondary N) is 2. The molecule has 5 nitrogen and oxygen atoms in total. The Morgan fingerprint density at radius 3 is 3.06 bits per heavy atom. The summed E-state index contributed by atoms with van der Waals surface area (Å²) in [6, 6.07) is 3.90. The smallest absolute Gasteiger partial charge is 0.319 e. The Bertz CT molecular complexity index is 576. The van der Waals surface area contributed by atoms with Crippen molar-refractivity contribution in [3.8, 4) is 0 Å². The van der Waals surface area contributed by atoms with Gasteiger partial charge in [-0.25, -0.2) is 9.78 Å². The van der Waals surface area contributed by atoms with Gasteiger partial charge in [0.25, 0.3) is 0 Å². The number of imidazole rings is 1. The number of pyridine rings is 1. The predicted molar refractivity (Wildman–Crippen MR) is 68.1 cm³/mol. The second kappa shape index (κ2) is 4.03. The number of anilines is 1. The monoisotopic (exact) mass is 294 g/mol. The van der Waals surface area contributed by atoms with Crippen LogP contribution < -0.4 is 10.6 Å². The van der Waals surface area contributed by atoms with Gasteiger partial charge in [0, 0.05) is 12.2 Å². The molecule has 6 heteroatoms. The van der Waals surface area contributed by atoms with Crippen molar-refractivity contribution in [1.29, 1.82) is 0 Å². The number of halogens is 1. The maximum atomic E-state index is 11.6. The Morgan fingerprint density at radius 2 is 2.29 bits per heavy atom. The van der Waals surface area contributed by atoms with Gasteiger partial charge in [0.2, 0.25) is 0 Å². The molecule has 17 heavy (non-hydrogen) atoms. The van der Waals surface area contributed by atoms with Gasteiger partial charge in [-0.15, -0.1) is 0 Å². The fourth-order valence-corrected chi connectivity index (χ4v) is 1.99. The quantitative estimate of drug-likeness (QED) is 0.893. The van der Waals surface area contributed by atoms with E-state index in [0.29, 0.717) is 6.04 Å². The van der Waals surface area contributed by atoms with Crippen LogP contribution in [-0.2, 0) is 0 Å². The Hall–Kier alpha value is -1.56. The molecular formula is C11H11BrN4O. The van der Waals surface area contributed by atoms with Crippen LogP contribution in [0.1, 0.15) is 12.8 Å². The maximum Gasteiger partial charge on any atom is 0.319 e. The third-order valence-corrected chi connectivity index (χ3v) is 3.22. The molecule has 0 aliphatic heterocycles. The van der Waals surface area contributed by atoms with E-state index < -0.39 is 0 Å². The van der Waals surface area contributed by atoms with Crippen molar-refractivity contribution >= 4 is 33.3 Å². The zero-order valence-corrected chi connectivity index (χ0v) is 10.6. The van der Waals surface area contributed by atoms with Crippen molar-refractivity contribution in [2.75, 3.05) is 5.32 Å². The van der Waals surface area contributed by atoms with Gasteiger partial charge < -0.3 is 10.6 Å². The molecule has 0 atom stereocenters. The van der Waals surface area contributed by atoms with Gasteiger partial charge in [-0.3, -0.25) is 4.40 Å². The summed E-state index contributed by atoms with van der Waals surface area (Å²) in [6.45, 7) is 0. The third-order valence-electron chi connectivity index (χ3n) is 2.63. The predicted octanol–water partition coefficient (Wildman–Crippen LogP) is 2.38. The van der Waals surface area contributed by atoms with E-state index in [1.807, 2.05) is 22.7 Å². The molecule has 1 saturated carbocycles. The van der Waals surface area contributed by atoms with E-state index in [-0.39, 0.29) is 6.03 Å². The summed E-state index contributed by atoms with van der Waals surface area (Å²) in [5.74, 6) is 0. The summed E-state index contributed by atoms with van der Waals surface area (Å²) in [5, 5.41) is 5.68. The number of hydrogen-bond acceptors (Lipinski definition) is 2. The van der Waals surface area contributed by atoms with E-state index in [4.69, 9.17) is 0 Å². The molecule has 0 radical (unpaired) electrons. The lowest BCUT2D eigenvalue weighted by molar-refractivity contribution is 0.251. The molecule has 0 bridgehead atoms. The highest BCUT2D eigenvalue weighted by Crippen LogP contribution is 2.19. The highest BCUT2D eigenvalue weighted by atomic mass is 79.9. The SMILES string of the molecule is O=C(Nc1ccc2ncc(Br)n2c1)NC1CC1. The van der Waals surface area contributed by atoms with Crippen molar-refractivity contribution in [2.45, 2.75) is 18.9 Å². The average Bonchev–Trinajstić information content (AvgIpc) is 3.03. The molecule has 2 heterocycles. The number of nitrogens with zero attached hydrogens (tertiary/aromatic N) is 2. The second-order valence-electron chi connectivity index (χ2n) is 4.10. The maximum absolute atomic E-state index is 11.6. The van der Waals surface area contributed by atoms with Crippen LogP contribution in [-0.4, -0.2) is 21.5 Å². The number of urea groups is 1. The lowest BCUT2D eigenvalue weighted by atomic mass is 10.4. The lowest BCUT2D eigenvalue weighted by Gasteiger charge is -2.07. The molecule has 88 valence electrons. The zero-order chi connectivity index (χ0) is 11.8. The van der Waals surface area contributed by atoms with E-state index in [2.05, 4.69) is 31.5 Å². The van der Waals surface area contributed by atoms with Gasteiger partial charge in [-0.1, -0.05) is 0 Å². The molecule has 1 aliphatic carbocycles. The van der Waals surface area contributed by atoms with Crippen LogP contribution in [0, 0.1) is 0 Å². The Balaban J connectivity index is 1.79. The number of hydrogen-bond donors (Lipinski definition) is 2. The first kappa shape index (κ1) is 10.6. The summed E-state index contributed by atoms with van der Waals surface area (Å²) in [7, 11) is 0. The highest BCUT2D eigenvalue weighted by Gasteiger charge is 2.23. The largest absolute Gasteiger partial charge is 0.335 e. The normalized spacial score (nSPS) is 14.9. The van der Waals surface area contributed by atoms with E-state index >= 15 is 0 Å². The van der Waals surface area contributed by atoms with Crippen LogP contribution in [0.15, 0.2) is 29.1 Å². The van der Waals surface area contributed by atoms with Crippen molar-refractivity contribution in [3.63, 3.8) is 0 Å². The number of rotatable bonds is 2. The molecule has 3 rings (SSSR count). The summed E-state index contributed by atoms with van der Waals surface area (Å²) < 4.78 is 2.73. The molecule has 2 N–H and O–H groups in total. The minimum atomic E-state index is -0.150. The lowest BCUT2D eigenvalue weighted by Crippen LogP contribution is -2.30. The summed E-state index contributed by atoms with van der Waals surface area (Å²) in [4.78, 5) is 15.7. The number of amides is 2. The Morgan fingerprint density at radius 1 is 1.47 bits per heavy atom. The highest BCUT2D eigenvalue weighted by molar-refractivity contribution is 9.10. The summed E-state index contributed by atoms with van der Waals surface area (Å²) in [5.41, 5.74) is 1.58. The van der Waals surface area contributed by atoms with Crippen LogP contribution >= 0.6 is 15.9 Å². The minimum Gasteiger partial charge on any atom is -0.335 e. The molecule has 1 aliphatic rings. The van der Waals surface area contributed by atoms with Gasteiger partial charge in [-0.05, 0) is 40.9 Å². The van der Waals surface area contributed by atoms with Crippen molar-refractivity contribution in [3.05, 3.63) is 29.1 Å². The van der Waals surface area contributed by atoms with Crippen molar-refractivity contribution < 1.29 is 4.79 Å². The van der Waals surface area contributed by atoms with Gasteiger partial charge in [-0.2, -0.15) is 0 Å². The van der Waals surface area contributed by atoms with Crippen molar-refractivity contribution in [1.82, 2.24) is 14.7 Å². The topological polar surface area (TPSA) is 58.4 Å². The van der Waals surface area contributed by atoms with Crippen molar-refractivity contribution in [2.24, 2.45) is 0 Å². The average molecular weight is 295 g/mol. The first-order valence-electron chi connectivity index (χ1n) is 5.42. The van der Waals surface area contributed by atoms with Crippen LogP contribution in [0.25, 0.3) is 5.65 Å². The second-order valence-corrected chi connectivity index (χ2v) is 4.91. The minimum absolute atomic E-state index is 0.150. The third kappa shape index (κ3) is 2.26. The fraction of sp³-hybridized carbons (Fsp3) is 0.273. The summed E-state index contributed by atoms with van der Waals surface area (Å²) in [6.07, 6.45) is 5.72. The first-order valence-corrected chi connectivity index (χ1v) is 6.22. The van der Waals surface area contributed by atoms with Gasteiger partial charge in [0.15, 0.2) is 0 Å². The number of fused-ring (bicyclic) bond motifs is 1. The molecule has 2 amide bonds. The molecule has 0 saturated heterocycles. The molecule has 2 aromatic heterocycles. The van der Waals surface area contributed by atoms with Gasteiger partial charge in [0.05, 0.1) is 11.9 Å². The van der Waals surface area contributed by atoms with Gasteiger partial charge in [0.1, 0.15) is 10.3 Å². The van der Waals surface area contributed by atoms with Crippen LogP contribution in [0.2, 0.25) is 0 Å². The van der Waals surface area contributed by atoms with Crippen LogP contribution in [0.5, 0.6) is 0 Å². The zero-order valence-electron chi connectivity index (χ0n) is 8.98. The molecular weight excluding hydrogens is 284 g/mol. The van der Waals surface area contributed by atoms with Gasteiger partial charge >= 0.3 is 6.03 Å².